The van der Waals surface area contributed by atoms with E-state index in [1.165, 1.54) is 7.11 Å². The van der Waals surface area contributed by atoms with Crippen LogP contribution >= 0.6 is 0 Å². The SMILES string of the molecule is CCOC(=O)[C@@H](Oc1ccc2cc(-c3ccc(OC)c(OC)c3)c(=O)oc2c1)c1ccccc1. The highest BCUT2D eigenvalue weighted by atomic mass is 16.6. The molecule has 4 aromatic rings. The Labute approximate surface area is 196 Å². The minimum absolute atomic E-state index is 0.233. The highest BCUT2D eigenvalue weighted by Crippen LogP contribution is 2.33. The van der Waals surface area contributed by atoms with Crippen molar-refractivity contribution in [3.63, 3.8) is 0 Å². The van der Waals surface area contributed by atoms with Gasteiger partial charge in [0.25, 0.3) is 0 Å². The Bertz CT molecular complexity index is 1360. The van der Waals surface area contributed by atoms with Gasteiger partial charge in [-0.05, 0) is 42.8 Å². The Morgan fingerprint density at radius 3 is 2.38 bits per heavy atom. The third-order valence-electron chi connectivity index (χ3n) is 5.26. The van der Waals surface area contributed by atoms with Crippen LogP contribution in [0, 0.1) is 0 Å². The van der Waals surface area contributed by atoms with Gasteiger partial charge in [0.05, 0.1) is 26.4 Å². The van der Waals surface area contributed by atoms with E-state index < -0.39 is 17.7 Å². The predicted octanol–water partition coefficient (Wildman–Crippen LogP) is 5.16. The van der Waals surface area contributed by atoms with E-state index >= 15 is 0 Å². The zero-order valence-electron chi connectivity index (χ0n) is 19.1. The van der Waals surface area contributed by atoms with E-state index in [0.717, 1.165) is 0 Å². The molecular formula is C27H24O7. The maximum Gasteiger partial charge on any atom is 0.352 e. The first-order chi connectivity index (χ1) is 16.5. The first-order valence-corrected chi connectivity index (χ1v) is 10.7. The van der Waals surface area contributed by atoms with Gasteiger partial charge in [0, 0.05) is 17.0 Å². The van der Waals surface area contributed by atoms with Crippen molar-refractivity contribution in [3.8, 4) is 28.4 Å². The molecule has 4 rings (SSSR count). The monoisotopic (exact) mass is 460 g/mol. The summed E-state index contributed by atoms with van der Waals surface area (Å²) in [5, 5.41) is 0.698. The molecule has 0 unspecified atom stereocenters. The Morgan fingerprint density at radius 1 is 0.912 bits per heavy atom. The summed E-state index contributed by atoms with van der Waals surface area (Å²) >= 11 is 0. The van der Waals surface area contributed by atoms with Crippen LogP contribution in [0.3, 0.4) is 0 Å². The van der Waals surface area contributed by atoms with Gasteiger partial charge in [0.2, 0.25) is 6.10 Å². The van der Waals surface area contributed by atoms with Gasteiger partial charge in [-0.3, -0.25) is 0 Å². The van der Waals surface area contributed by atoms with Crippen LogP contribution in [-0.2, 0) is 9.53 Å². The van der Waals surface area contributed by atoms with Gasteiger partial charge in [0.1, 0.15) is 11.3 Å². The molecule has 174 valence electrons. The summed E-state index contributed by atoms with van der Waals surface area (Å²) in [7, 11) is 3.08. The molecular weight excluding hydrogens is 436 g/mol. The van der Waals surface area contributed by atoms with Crippen LogP contribution in [0.15, 0.2) is 82.0 Å². The largest absolute Gasteiger partial charge is 0.493 e. The van der Waals surface area contributed by atoms with Crippen LogP contribution < -0.4 is 19.8 Å². The zero-order chi connectivity index (χ0) is 24.1. The fraction of sp³-hybridized carbons (Fsp3) is 0.185. The van der Waals surface area contributed by atoms with E-state index in [1.807, 2.05) is 18.2 Å². The number of esters is 1. The van der Waals surface area contributed by atoms with Gasteiger partial charge < -0.3 is 23.4 Å². The van der Waals surface area contributed by atoms with Crippen molar-refractivity contribution < 1.29 is 28.2 Å². The van der Waals surface area contributed by atoms with Crippen molar-refractivity contribution in [2.24, 2.45) is 0 Å². The van der Waals surface area contributed by atoms with E-state index in [0.29, 0.717) is 44.9 Å². The molecule has 1 heterocycles. The standard InChI is InChI=1S/C27H24O7/c1-4-32-27(29)25(17-8-6-5-7-9-17)33-20-12-10-19-14-21(26(28)34-23(19)16-20)18-11-13-22(30-2)24(15-18)31-3/h5-16,25H,4H2,1-3H3/t25-/m0/s1. The van der Waals surface area contributed by atoms with Gasteiger partial charge in [-0.1, -0.05) is 36.4 Å². The second-order valence-electron chi connectivity index (χ2n) is 7.38. The molecule has 34 heavy (non-hydrogen) atoms. The predicted molar refractivity (Wildman–Crippen MR) is 127 cm³/mol. The third kappa shape index (κ3) is 4.73. The Kier molecular flexibility index (Phi) is 6.82. The minimum Gasteiger partial charge on any atom is -0.493 e. The summed E-state index contributed by atoms with van der Waals surface area (Å²) in [6, 6.07) is 21.1. The zero-order valence-corrected chi connectivity index (χ0v) is 19.1. The molecule has 0 aliphatic rings. The average molecular weight is 460 g/mol. The lowest BCUT2D eigenvalue weighted by atomic mass is 10.1. The summed E-state index contributed by atoms with van der Waals surface area (Å²) in [6.07, 6.45) is -0.948. The second kappa shape index (κ2) is 10.1. The summed E-state index contributed by atoms with van der Waals surface area (Å²) in [6.45, 7) is 1.97. The maximum absolute atomic E-state index is 12.8. The molecule has 7 nitrogen and oxygen atoms in total. The maximum atomic E-state index is 12.8. The number of rotatable bonds is 8. The van der Waals surface area contributed by atoms with E-state index in [1.54, 1.807) is 68.6 Å². The van der Waals surface area contributed by atoms with Gasteiger partial charge in [-0.2, -0.15) is 0 Å². The Hall–Kier alpha value is -4.26. The summed E-state index contributed by atoms with van der Waals surface area (Å²) in [4.78, 5) is 25.3. The highest BCUT2D eigenvalue weighted by Gasteiger charge is 2.24. The molecule has 1 atom stereocenters. The first-order valence-electron chi connectivity index (χ1n) is 10.7. The molecule has 0 aliphatic heterocycles. The molecule has 0 amide bonds. The van der Waals surface area contributed by atoms with E-state index in [4.69, 9.17) is 23.4 Å². The lowest BCUT2D eigenvalue weighted by Crippen LogP contribution is -2.21. The molecule has 0 N–H and O–H groups in total. The van der Waals surface area contributed by atoms with Crippen molar-refractivity contribution in [1.29, 1.82) is 0 Å². The van der Waals surface area contributed by atoms with Gasteiger partial charge in [0.15, 0.2) is 11.5 Å². The lowest BCUT2D eigenvalue weighted by molar-refractivity contribution is -0.151. The summed E-state index contributed by atoms with van der Waals surface area (Å²) < 4.78 is 27.3. The Balaban J connectivity index is 1.68. The molecule has 7 heteroatoms. The van der Waals surface area contributed by atoms with E-state index in [2.05, 4.69) is 0 Å². The molecule has 0 spiro atoms. The number of methoxy groups -OCH3 is 2. The van der Waals surface area contributed by atoms with Crippen molar-refractivity contribution in [3.05, 3.63) is 88.8 Å². The van der Waals surface area contributed by atoms with Crippen molar-refractivity contribution in [1.82, 2.24) is 0 Å². The normalized spacial score (nSPS) is 11.6. The minimum atomic E-state index is -0.948. The quantitative estimate of drug-likeness (QED) is 0.265. The number of hydrogen-bond acceptors (Lipinski definition) is 7. The second-order valence-corrected chi connectivity index (χ2v) is 7.38. The fourth-order valence-corrected chi connectivity index (χ4v) is 3.60. The topological polar surface area (TPSA) is 84.2 Å². The van der Waals surface area contributed by atoms with Crippen LogP contribution in [0.1, 0.15) is 18.6 Å². The van der Waals surface area contributed by atoms with Crippen molar-refractivity contribution >= 4 is 16.9 Å². The van der Waals surface area contributed by atoms with E-state index in [-0.39, 0.29) is 6.61 Å². The van der Waals surface area contributed by atoms with Gasteiger partial charge >= 0.3 is 11.6 Å². The van der Waals surface area contributed by atoms with E-state index in [9.17, 15) is 9.59 Å². The fourth-order valence-electron chi connectivity index (χ4n) is 3.60. The molecule has 0 aliphatic carbocycles. The molecule has 0 saturated carbocycles. The van der Waals surface area contributed by atoms with Crippen LogP contribution in [-0.4, -0.2) is 26.8 Å². The first kappa shape index (κ1) is 22.9. The smallest absolute Gasteiger partial charge is 0.352 e. The summed E-state index contributed by atoms with van der Waals surface area (Å²) in [5.41, 5.74) is 1.51. The molecule has 0 fully saturated rings. The van der Waals surface area contributed by atoms with Gasteiger partial charge in [-0.25, -0.2) is 9.59 Å². The molecule has 0 saturated heterocycles. The number of hydrogen-bond donors (Lipinski definition) is 0. The average Bonchev–Trinajstić information content (AvgIpc) is 2.87. The molecule has 0 radical (unpaired) electrons. The number of ether oxygens (including phenoxy) is 4. The summed E-state index contributed by atoms with van der Waals surface area (Å²) in [5.74, 6) is 0.942. The number of fused-ring (bicyclic) bond motifs is 1. The molecule has 3 aromatic carbocycles. The van der Waals surface area contributed by atoms with Crippen molar-refractivity contribution in [2.75, 3.05) is 20.8 Å². The van der Waals surface area contributed by atoms with Crippen LogP contribution in [0.5, 0.6) is 17.2 Å². The van der Waals surface area contributed by atoms with Crippen LogP contribution in [0.2, 0.25) is 0 Å². The van der Waals surface area contributed by atoms with Gasteiger partial charge in [-0.15, -0.1) is 0 Å². The number of carbonyl (C=O) groups is 1. The van der Waals surface area contributed by atoms with Crippen LogP contribution in [0.4, 0.5) is 0 Å². The van der Waals surface area contributed by atoms with Crippen molar-refractivity contribution in [2.45, 2.75) is 13.0 Å². The molecule has 1 aromatic heterocycles. The number of carbonyl (C=O) groups excluding carboxylic acids is 1. The highest BCUT2D eigenvalue weighted by molar-refractivity contribution is 5.83. The number of benzene rings is 3. The lowest BCUT2D eigenvalue weighted by Gasteiger charge is -2.18. The van der Waals surface area contributed by atoms with Crippen LogP contribution in [0.25, 0.3) is 22.1 Å². The third-order valence-corrected chi connectivity index (χ3v) is 5.26. The molecule has 0 bridgehead atoms. The Morgan fingerprint density at radius 2 is 1.68 bits per heavy atom.